The molecule has 9 heteroatoms. The third-order valence-corrected chi connectivity index (χ3v) is 4.19. The average molecular weight is 378 g/mol. The van der Waals surface area contributed by atoms with Crippen molar-refractivity contribution in [2.24, 2.45) is 0 Å². The highest BCUT2D eigenvalue weighted by Gasteiger charge is 2.38. The molecule has 2 heterocycles. The number of aromatic nitrogens is 2. The number of carbonyl (C=O) groups is 1. The van der Waals surface area contributed by atoms with Gasteiger partial charge in [0.05, 0.1) is 23.1 Å². The van der Waals surface area contributed by atoms with Gasteiger partial charge in [0.1, 0.15) is 0 Å². The second kappa shape index (κ2) is 5.90. The number of rotatable bonds is 4. The third kappa shape index (κ3) is 2.94. The predicted octanol–water partition coefficient (Wildman–Crippen LogP) is 4.13. The minimum atomic E-state index is -2.88. The summed E-state index contributed by atoms with van der Waals surface area (Å²) in [6.45, 7) is 1.02. The van der Waals surface area contributed by atoms with E-state index < -0.39 is 24.3 Å². The smallest absolute Gasteiger partial charge is 0.404 e. The Labute approximate surface area is 150 Å². The Hall–Kier alpha value is -3.23. The van der Waals surface area contributed by atoms with Gasteiger partial charge in [-0.1, -0.05) is 12.1 Å². The lowest BCUT2D eigenvalue weighted by atomic mass is 10.1. The molecule has 1 N–H and O–H groups in total. The van der Waals surface area contributed by atoms with E-state index in [1.807, 2.05) is 0 Å². The van der Waals surface area contributed by atoms with Gasteiger partial charge in [0.15, 0.2) is 17.3 Å². The number of fused-ring (bicyclic) bond motifs is 2. The Morgan fingerprint density at radius 1 is 1.30 bits per heavy atom. The van der Waals surface area contributed by atoms with E-state index in [1.165, 1.54) is 28.8 Å². The van der Waals surface area contributed by atoms with Crippen molar-refractivity contribution in [1.29, 1.82) is 0 Å². The van der Waals surface area contributed by atoms with E-state index >= 15 is 0 Å². The fourth-order valence-electron chi connectivity index (χ4n) is 3.07. The quantitative estimate of drug-likeness (QED) is 0.739. The number of nitrogens with zero attached hydrogens (tertiary/aromatic N) is 2. The zero-order valence-electron chi connectivity index (χ0n) is 13.9. The van der Waals surface area contributed by atoms with Gasteiger partial charge < -0.3 is 19.1 Å². The summed E-state index contributed by atoms with van der Waals surface area (Å²) < 4.78 is 52.5. The van der Waals surface area contributed by atoms with Crippen LogP contribution < -0.4 is 9.47 Å². The fourth-order valence-corrected chi connectivity index (χ4v) is 3.07. The molecule has 0 saturated carbocycles. The Balaban J connectivity index is 1.82. The van der Waals surface area contributed by atoms with Crippen LogP contribution in [-0.2, 0) is 6.54 Å². The first kappa shape index (κ1) is 17.2. The monoisotopic (exact) mass is 378 g/mol. The number of aromatic carboxylic acids is 1. The number of benzene rings is 2. The summed E-state index contributed by atoms with van der Waals surface area (Å²) in [4.78, 5) is 15.0. The van der Waals surface area contributed by atoms with Crippen LogP contribution >= 0.6 is 0 Å². The molecule has 4 rings (SSSR count). The van der Waals surface area contributed by atoms with Crippen LogP contribution in [0.1, 0.15) is 35.1 Å². The van der Waals surface area contributed by atoms with E-state index in [1.54, 1.807) is 12.1 Å². The van der Waals surface area contributed by atoms with Crippen LogP contribution in [0.25, 0.3) is 11.0 Å². The number of carboxylic acid groups (broad SMARTS) is 1. The molecule has 0 saturated heterocycles. The number of carboxylic acids is 1. The number of ether oxygens (including phenoxy) is 2. The summed E-state index contributed by atoms with van der Waals surface area (Å²) in [6.07, 6.45) is -2.88. The molecule has 0 fully saturated rings. The molecule has 140 valence electrons. The second-order valence-electron chi connectivity index (χ2n) is 6.15. The van der Waals surface area contributed by atoms with Crippen LogP contribution in [-0.4, -0.2) is 26.7 Å². The molecule has 0 radical (unpaired) electrons. The van der Waals surface area contributed by atoms with E-state index in [-0.39, 0.29) is 29.1 Å². The summed E-state index contributed by atoms with van der Waals surface area (Å²) in [7, 11) is 0. The molecule has 0 aliphatic carbocycles. The third-order valence-electron chi connectivity index (χ3n) is 4.19. The molecule has 27 heavy (non-hydrogen) atoms. The first-order valence-corrected chi connectivity index (χ1v) is 7.95. The Kier molecular flexibility index (Phi) is 3.76. The van der Waals surface area contributed by atoms with Gasteiger partial charge in [0, 0.05) is 12.5 Å². The van der Waals surface area contributed by atoms with Gasteiger partial charge in [-0.2, -0.15) is 4.39 Å². The second-order valence-corrected chi connectivity index (χ2v) is 6.15. The molecule has 1 aliphatic heterocycles. The van der Waals surface area contributed by atoms with Gasteiger partial charge >= 0.3 is 12.0 Å². The maximum atomic E-state index is 14.0. The first-order chi connectivity index (χ1) is 12.7. The number of imidazole rings is 1. The van der Waals surface area contributed by atoms with Crippen molar-refractivity contribution in [2.75, 3.05) is 0 Å². The maximum Gasteiger partial charge on any atom is 0.404 e. The normalized spacial score (nSPS) is 18.4. The van der Waals surface area contributed by atoms with Crippen molar-refractivity contribution >= 4 is 17.0 Å². The van der Waals surface area contributed by atoms with Crippen LogP contribution in [0.15, 0.2) is 36.4 Å². The lowest BCUT2D eigenvalue weighted by Gasteiger charge is -2.13. The molecule has 2 aromatic carbocycles. The molecule has 3 aromatic rings. The number of halogens is 3. The lowest BCUT2D eigenvalue weighted by Crippen LogP contribution is -2.28. The molecule has 0 bridgehead atoms. The van der Waals surface area contributed by atoms with Gasteiger partial charge in [0.25, 0.3) is 6.43 Å². The summed E-state index contributed by atoms with van der Waals surface area (Å²) in [5.41, 5.74) is 0.830. The van der Waals surface area contributed by atoms with E-state index in [0.717, 1.165) is 6.92 Å². The number of alkyl halides is 3. The fraction of sp³-hybridized carbons (Fsp3) is 0.222. The van der Waals surface area contributed by atoms with E-state index in [4.69, 9.17) is 14.6 Å². The SMILES string of the molecule is CC1(F)Oc2cccc(Cn3c(C(F)F)nc4cc(C(=O)O)ccc43)c2O1. The van der Waals surface area contributed by atoms with Crippen LogP contribution in [0.5, 0.6) is 11.5 Å². The van der Waals surface area contributed by atoms with E-state index in [0.29, 0.717) is 11.1 Å². The van der Waals surface area contributed by atoms with Gasteiger partial charge in [-0.3, -0.25) is 0 Å². The number of hydrogen-bond donors (Lipinski definition) is 1. The standard InChI is InChI=1S/C18H13F3N2O4/c1-18(21)26-13-4-2-3-10(14(13)27-18)8-23-12-6-5-9(17(24)25)7-11(12)22-16(23)15(19)20/h2-7,15H,8H2,1H3,(H,24,25). The van der Waals surface area contributed by atoms with Gasteiger partial charge in [-0.25, -0.2) is 18.6 Å². The minimum absolute atomic E-state index is 0.0569. The molecule has 6 nitrogen and oxygen atoms in total. The van der Waals surface area contributed by atoms with Gasteiger partial charge in [0.2, 0.25) is 0 Å². The zero-order chi connectivity index (χ0) is 19.3. The van der Waals surface area contributed by atoms with E-state index in [9.17, 15) is 18.0 Å². The highest BCUT2D eigenvalue weighted by atomic mass is 19.3. The highest BCUT2D eigenvalue weighted by molar-refractivity contribution is 5.92. The Morgan fingerprint density at radius 3 is 2.78 bits per heavy atom. The van der Waals surface area contributed by atoms with Crippen molar-refractivity contribution in [1.82, 2.24) is 9.55 Å². The van der Waals surface area contributed by atoms with Gasteiger partial charge in [-0.15, -0.1) is 0 Å². The molecule has 0 spiro atoms. The van der Waals surface area contributed by atoms with Crippen molar-refractivity contribution in [3.8, 4) is 11.5 Å². The molecule has 1 atom stereocenters. The Morgan fingerprint density at radius 2 is 2.07 bits per heavy atom. The van der Waals surface area contributed by atoms with Crippen LogP contribution in [0.4, 0.5) is 13.2 Å². The average Bonchev–Trinajstić information content (AvgIpc) is 3.11. The zero-order valence-corrected chi connectivity index (χ0v) is 13.9. The van der Waals surface area contributed by atoms with Crippen molar-refractivity contribution in [3.05, 3.63) is 53.3 Å². The number of hydrogen-bond acceptors (Lipinski definition) is 4. The molecule has 0 amide bonds. The molecule has 1 unspecified atom stereocenters. The molecular formula is C18H13F3N2O4. The Bertz CT molecular complexity index is 1060. The van der Waals surface area contributed by atoms with Crippen molar-refractivity contribution in [2.45, 2.75) is 25.9 Å². The van der Waals surface area contributed by atoms with Crippen LogP contribution in [0.2, 0.25) is 0 Å². The van der Waals surface area contributed by atoms with Crippen LogP contribution in [0.3, 0.4) is 0 Å². The summed E-state index contributed by atoms with van der Waals surface area (Å²) in [5.74, 6) is -1.40. The van der Waals surface area contributed by atoms with E-state index in [2.05, 4.69) is 4.98 Å². The summed E-state index contributed by atoms with van der Waals surface area (Å²) in [5, 5.41) is 9.07. The molecule has 1 aromatic heterocycles. The van der Waals surface area contributed by atoms with Crippen LogP contribution in [0, 0.1) is 0 Å². The predicted molar refractivity (Wildman–Crippen MR) is 88.0 cm³/mol. The first-order valence-electron chi connectivity index (χ1n) is 7.95. The van der Waals surface area contributed by atoms with Crippen molar-refractivity contribution < 1.29 is 32.5 Å². The van der Waals surface area contributed by atoms with Crippen molar-refractivity contribution in [3.63, 3.8) is 0 Å². The molecular weight excluding hydrogens is 365 g/mol. The largest absolute Gasteiger partial charge is 0.478 e. The topological polar surface area (TPSA) is 73.6 Å². The molecule has 1 aliphatic rings. The number of para-hydroxylation sites is 1. The maximum absolute atomic E-state index is 14.0. The summed E-state index contributed by atoms with van der Waals surface area (Å²) >= 11 is 0. The summed E-state index contributed by atoms with van der Waals surface area (Å²) in [6, 6.07) is 6.34. The minimum Gasteiger partial charge on any atom is -0.478 e. The van der Waals surface area contributed by atoms with Gasteiger partial charge in [-0.05, 0) is 24.3 Å². The highest BCUT2D eigenvalue weighted by Crippen LogP contribution is 2.43. The lowest BCUT2D eigenvalue weighted by molar-refractivity contribution is -0.173.